The van der Waals surface area contributed by atoms with Gasteiger partial charge in [0, 0.05) is 56.5 Å². The summed E-state index contributed by atoms with van der Waals surface area (Å²) in [5.74, 6) is -0.922. The van der Waals surface area contributed by atoms with Crippen LogP contribution in [0.15, 0.2) is 53.7 Å². The molecule has 1 N–H and O–H groups in total. The van der Waals surface area contributed by atoms with E-state index in [0.29, 0.717) is 35.8 Å². The van der Waals surface area contributed by atoms with Gasteiger partial charge in [0.1, 0.15) is 23.7 Å². The number of aromatic nitrogens is 5. The maximum absolute atomic E-state index is 14.0. The molecule has 1 aromatic carbocycles. The number of benzene rings is 1. The molecule has 1 atom stereocenters. The smallest absolute Gasteiger partial charge is 0.327 e. The molecule has 1 unspecified atom stereocenters. The molecule has 12 heteroatoms. The predicted molar refractivity (Wildman–Crippen MR) is 140 cm³/mol. The van der Waals surface area contributed by atoms with Gasteiger partial charge in [0.2, 0.25) is 0 Å². The first-order chi connectivity index (χ1) is 18.9. The zero-order chi connectivity index (χ0) is 27.1. The third-order valence-corrected chi connectivity index (χ3v) is 7.37. The van der Waals surface area contributed by atoms with E-state index in [1.165, 1.54) is 25.4 Å². The Hall–Kier alpha value is -4.61. The van der Waals surface area contributed by atoms with Crippen molar-refractivity contribution in [1.29, 1.82) is 0 Å². The molecule has 6 rings (SSSR count). The number of rotatable bonds is 5. The summed E-state index contributed by atoms with van der Waals surface area (Å²) in [7, 11) is 0. The molecule has 2 aliphatic rings. The van der Waals surface area contributed by atoms with Crippen molar-refractivity contribution < 1.29 is 18.7 Å². The molecule has 11 nitrogen and oxygen atoms in total. The van der Waals surface area contributed by atoms with Crippen LogP contribution in [-0.2, 0) is 9.53 Å². The van der Waals surface area contributed by atoms with Crippen molar-refractivity contribution in [3.8, 4) is 0 Å². The third kappa shape index (κ3) is 4.62. The van der Waals surface area contributed by atoms with Crippen molar-refractivity contribution in [2.45, 2.75) is 31.7 Å². The molecule has 1 saturated heterocycles. The molecular formula is C27H26FN7O4. The molecule has 0 aliphatic carbocycles. The van der Waals surface area contributed by atoms with E-state index in [2.05, 4.69) is 24.8 Å². The number of ether oxygens (including phenoxy) is 1. The summed E-state index contributed by atoms with van der Waals surface area (Å²) in [5, 5.41) is 0. The first-order valence-electron chi connectivity index (χ1n) is 12.8. The van der Waals surface area contributed by atoms with Gasteiger partial charge < -0.3 is 14.5 Å². The molecule has 0 saturated carbocycles. The second-order valence-corrected chi connectivity index (χ2v) is 9.77. The zero-order valence-electron chi connectivity index (χ0n) is 21.2. The summed E-state index contributed by atoms with van der Waals surface area (Å²) in [6.07, 6.45) is 4.45. The van der Waals surface area contributed by atoms with Crippen LogP contribution in [0.2, 0.25) is 0 Å². The van der Waals surface area contributed by atoms with Gasteiger partial charge in [-0.3, -0.25) is 19.1 Å². The minimum absolute atomic E-state index is 0.0188. The average Bonchev–Trinajstić information content (AvgIpc) is 3.48. The van der Waals surface area contributed by atoms with Gasteiger partial charge in [-0.15, -0.1) is 0 Å². The number of halogens is 1. The number of nitrogens with zero attached hydrogens (tertiary/aromatic N) is 6. The third-order valence-electron chi connectivity index (χ3n) is 7.37. The molecule has 200 valence electrons. The van der Waals surface area contributed by atoms with E-state index < -0.39 is 11.8 Å². The second kappa shape index (κ2) is 9.93. The molecule has 3 aromatic heterocycles. The molecule has 4 aromatic rings. The molecule has 2 aliphatic heterocycles. The van der Waals surface area contributed by atoms with Crippen molar-refractivity contribution in [3.05, 3.63) is 76.5 Å². The van der Waals surface area contributed by atoms with Crippen molar-refractivity contribution >= 4 is 34.5 Å². The molecule has 0 spiro atoms. The lowest BCUT2D eigenvalue weighted by Crippen LogP contribution is -2.37. The number of aromatic amines is 1. The van der Waals surface area contributed by atoms with Gasteiger partial charge in [0.25, 0.3) is 5.91 Å². The van der Waals surface area contributed by atoms with E-state index in [9.17, 15) is 18.8 Å². The highest BCUT2D eigenvalue weighted by Gasteiger charge is 2.35. The summed E-state index contributed by atoms with van der Waals surface area (Å²) >= 11 is 0. The van der Waals surface area contributed by atoms with Crippen molar-refractivity contribution in [2.24, 2.45) is 0 Å². The number of imidazole rings is 1. The normalized spacial score (nSPS) is 17.4. The highest BCUT2D eigenvalue weighted by Crippen LogP contribution is 2.38. The predicted octanol–water partition coefficient (Wildman–Crippen LogP) is 2.80. The fraction of sp³-hybridized carbons (Fsp3) is 0.333. The fourth-order valence-electron chi connectivity index (χ4n) is 5.52. The van der Waals surface area contributed by atoms with Gasteiger partial charge in [-0.1, -0.05) is 0 Å². The van der Waals surface area contributed by atoms with E-state index >= 15 is 0 Å². The molecule has 1 amide bonds. The number of esters is 1. The van der Waals surface area contributed by atoms with Crippen molar-refractivity contribution in [1.82, 2.24) is 24.5 Å². The first kappa shape index (κ1) is 24.7. The van der Waals surface area contributed by atoms with E-state index in [4.69, 9.17) is 4.74 Å². The minimum atomic E-state index is -0.437. The van der Waals surface area contributed by atoms with Crippen molar-refractivity contribution in [2.75, 3.05) is 36.0 Å². The number of anilines is 2. The standard InChI is InChI=1S/C27H26FN7O4/c1-16(36)39-14-17-13-34(22-5-4-18(28)11-20(17)22)26(37)21-12-24(31-15-30-21)33-9-6-19(7-10-33)35-23-3-2-8-29-25(23)32-27(35)38/h2-5,8,11-12,15,17,19H,6-7,9-10,13-14H2,1H3,(H,29,32,38). The van der Waals surface area contributed by atoms with Crippen LogP contribution < -0.4 is 15.5 Å². The molecule has 39 heavy (non-hydrogen) atoms. The van der Waals surface area contributed by atoms with Crippen LogP contribution in [0.4, 0.5) is 15.9 Å². The Morgan fingerprint density at radius 1 is 1.13 bits per heavy atom. The lowest BCUT2D eigenvalue weighted by Gasteiger charge is -2.33. The number of carbonyl (C=O) groups is 2. The number of nitrogens with one attached hydrogen (secondary N) is 1. The van der Waals surface area contributed by atoms with Crippen LogP contribution in [-0.4, -0.2) is 62.6 Å². The number of amides is 1. The Balaban J connectivity index is 1.19. The van der Waals surface area contributed by atoms with Crippen LogP contribution in [0.1, 0.15) is 47.8 Å². The van der Waals surface area contributed by atoms with Crippen LogP contribution in [0, 0.1) is 5.82 Å². The van der Waals surface area contributed by atoms with E-state index in [0.717, 1.165) is 18.4 Å². The average molecular weight is 532 g/mol. The molecular weight excluding hydrogens is 505 g/mol. The highest BCUT2D eigenvalue weighted by molar-refractivity contribution is 6.06. The summed E-state index contributed by atoms with van der Waals surface area (Å²) in [6.45, 7) is 2.89. The number of pyridine rings is 1. The second-order valence-electron chi connectivity index (χ2n) is 9.77. The number of carbonyl (C=O) groups excluding carboxylic acids is 2. The van der Waals surface area contributed by atoms with E-state index in [1.807, 2.05) is 12.1 Å². The van der Waals surface area contributed by atoms with Crippen molar-refractivity contribution in [3.63, 3.8) is 0 Å². The highest BCUT2D eigenvalue weighted by atomic mass is 19.1. The Labute approximate surface area is 222 Å². The SMILES string of the molecule is CC(=O)OCC1CN(C(=O)c2cc(N3CCC(n4c(=O)[nH]c5ncccc54)CC3)ncn2)c2ccc(F)cc21. The zero-order valence-corrected chi connectivity index (χ0v) is 21.2. The number of H-pyrrole nitrogens is 1. The van der Waals surface area contributed by atoms with Gasteiger partial charge in [-0.05, 0) is 48.7 Å². The fourth-order valence-corrected chi connectivity index (χ4v) is 5.52. The first-order valence-corrected chi connectivity index (χ1v) is 12.8. The minimum Gasteiger partial charge on any atom is -0.465 e. The quantitative estimate of drug-likeness (QED) is 0.390. The maximum Gasteiger partial charge on any atom is 0.327 e. The van der Waals surface area contributed by atoms with Crippen LogP contribution in [0.3, 0.4) is 0 Å². The van der Waals surface area contributed by atoms with E-state index in [-0.39, 0.29) is 42.4 Å². The van der Waals surface area contributed by atoms with Gasteiger partial charge in [0.15, 0.2) is 5.65 Å². The molecule has 0 bridgehead atoms. The summed E-state index contributed by atoms with van der Waals surface area (Å²) in [6, 6.07) is 9.62. The molecule has 1 fully saturated rings. The van der Waals surface area contributed by atoms with Gasteiger partial charge >= 0.3 is 11.7 Å². The number of piperidine rings is 1. The molecule has 0 radical (unpaired) electrons. The maximum atomic E-state index is 14.0. The van der Waals surface area contributed by atoms with Gasteiger partial charge in [0.05, 0.1) is 12.1 Å². The summed E-state index contributed by atoms with van der Waals surface area (Å²) in [5.41, 5.74) is 2.58. The summed E-state index contributed by atoms with van der Waals surface area (Å²) in [4.78, 5) is 56.8. The van der Waals surface area contributed by atoms with Crippen LogP contribution in [0.5, 0.6) is 0 Å². The summed E-state index contributed by atoms with van der Waals surface area (Å²) < 4.78 is 20.9. The van der Waals surface area contributed by atoms with Crippen LogP contribution in [0.25, 0.3) is 11.2 Å². The Morgan fingerprint density at radius 3 is 2.74 bits per heavy atom. The lowest BCUT2D eigenvalue weighted by molar-refractivity contribution is -0.141. The Morgan fingerprint density at radius 2 is 1.95 bits per heavy atom. The Kier molecular flexibility index (Phi) is 6.29. The monoisotopic (exact) mass is 531 g/mol. The van der Waals surface area contributed by atoms with Crippen LogP contribution >= 0.6 is 0 Å². The van der Waals surface area contributed by atoms with Gasteiger partial charge in [-0.2, -0.15) is 0 Å². The topological polar surface area (TPSA) is 126 Å². The molecule has 5 heterocycles. The number of hydrogen-bond donors (Lipinski definition) is 1. The largest absolute Gasteiger partial charge is 0.465 e. The Bertz CT molecular complexity index is 1630. The number of hydrogen-bond acceptors (Lipinski definition) is 8. The number of fused-ring (bicyclic) bond motifs is 2. The lowest BCUT2D eigenvalue weighted by atomic mass is 10.0. The van der Waals surface area contributed by atoms with Gasteiger partial charge in [-0.25, -0.2) is 24.1 Å². The van der Waals surface area contributed by atoms with E-state index in [1.54, 1.807) is 27.8 Å².